The summed E-state index contributed by atoms with van der Waals surface area (Å²) in [5.74, 6) is 0.381. The molecule has 0 bridgehead atoms. The van der Waals surface area contributed by atoms with Crippen molar-refractivity contribution in [1.82, 2.24) is 0 Å². The van der Waals surface area contributed by atoms with Crippen molar-refractivity contribution in [2.24, 2.45) is 0 Å². The second kappa shape index (κ2) is 23.7. The van der Waals surface area contributed by atoms with Crippen LogP contribution in [0.5, 0.6) is 5.75 Å². The topological polar surface area (TPSA) is 38.7 Å². The van der Waals surface area contributed by atoms with Crippen LogP contribution in [0.2, 0.25) is 0 Å². The number of aryl methyl sites for hydroxylation is 2. The van der Waals surface area contributed by atoms with Crippen LogP contribution in [0.15, 0.2) is 78.9 Å². The minimum Gasteiger partial charge on any atom is -0.508 e. The van der Waals surface area contributed by atoms with Crippen molar-refractivity contribution in [2.45, 2.75) is 142 Å². The Hall–Kier alpha value is -2.62. The minimum atomic E-state index is 0.0876. The van der Waals surface area contributed by atoms with Gasteiger partial charge in [0.15, 0.2) is 0 Å². The molecule has 0 radical (unpaired) electrons. The monoisotopic (exact) mass is 614 g/mol. The fourth-order valence-corrected chi connectivity index (χ4v) is 6.25. The molecule has 0 spiro atoms. The highest BCUT2D eigenvalue weighted by atomic mass is 16.5. The predicted molar refractivity (Wildman–Crippen MR) is 191 cm³/mol. The lowest BCUT2D eigenvalue weighted by molar-refractivity contribution is 0.0594. The van der Waals surface area contributed by atoms with Crippen LogP contribution in [0.3, 0.4) is 0 Å². The summed E-state index contributed by atoms with van der Waals surface area (Å²) in [5.41, 5.74) is 5.12. The van der Waals surface area contributed by atoms with E-state index in [1.807, 2.05) is 6.07 Å². The van der Waals surface area contributed by atoms with Gasteiger partial charge in [-0.15, -0.1) is 0 Å². The molecule has 2 unspecified atom stereocenters. The molecule has 0 amide bonds. The molecular weight excluding hydrogens is 552 g/mol. The molecule has 0 heterocycles. The number of aromatic hydroxyl groups is 1. The van der Waals surface area contributed by atoms with E-state index >= 15 is 0 Å². The number of rotatable bonds is 26. The maximum absolute atomic E-state index is 10.7. The summed E-state index contributed by atoms with van der Waals surface area (Å²) in [7, 11) is 0. The Bertz CT molecular complexity index is 1110. The smallest absolute Gasteiger partial charge is 0.119 e. The first-order valence-corrected chi connectivity index (χ1v) is 18.2. The van der Waals surface area contributed by atoms with E-state index in [1.165, 1.54) is 107 Å². The SMILES string of the molecule is CC(Cc1cccc(O)c1CC(C)OCCCCCCCCCc1ccccc1)OCCCCCCCCCc1ccccc1. The second-order valence-electron chi connectivity index (χ2n) is 13.1. The lowest BCUT2D eigenvalue weighted by Gasteiger charge is -2.19. The lowest BCUT2D eigenvalue weighted by Crippen LogP contribution is -2.17. The molecule has 248 valence electrons. The Labute approximate surface area is 275 Å². The molecule has 3 aromatic carbocycles. The third kappa shape index (κ3) is 17.0. The van der Waals surface area contributed by atoms with E-state index in [2.05, 4.69) is 80.6 Å². The van der Waals surface area contributed by atoms with E-state index in [-0.39, 0.29) is 12.2 Å². The van der Waals surface area contributed by atoms with Gasteiger partial charge in [0, 0.05) is 19.6 Å². The molecule has 0 aliphatic heterocycles. The molecule has 3 aromatic rings. The van der Waals surface area contributed by atoms with Crippen molar-refractivity contribution in [1.29, 1.82) is 0 Å². The Morgan fingerprint density at radius 1 is 0.467 bits per heavy atom. The van der Waals surface area contributed by atoms with Crippen molar-refractivity contribution in [2.75, 3.05) is 13.2 Å². The summed E-state index contributed by atoms with van der Waals surface area (Å²) in [6.07, 6.45) is 22.0. The van der Waals surface area contributed by atoms with Crippen LogP contribution in [0, 0.1) is 0 Å². The third-order valence-electron chi connectivity index (χ3n) is 8.96. The molecule has 0 fully saturated rings. The zero-order chi connectivity index (χ0) is 31.8. The van der Waals surface area contributed by atoms with Gasteiger partial charge < -0.3 is 14.6 Å². The first kappa shape index (κ1) is 36.8. The van der Waals surface area contributed by atoms with E-state index < -0.39 is 0 Å². The Kier molecular flexibility index (Phi) is 19.4. The standard InChI is InChI=1S/C42H62O3/c1-36(44-32-21-11-7-3-5-9-15-24-38-26-17-13-18-27-38)34-40-30-23-31-42(43)41(40)35-37(2)45-33-22-12-8-4-6-10-16-25-39-28-19-14-20-29-39/h13-14,17-20,23,26-31,36-37,43H,3-12,15-16,21-22,24-25,32-35H2,1-2H3. The van der Waals surface area contributed by atoms with Crippen LogP contribution in [0.1, 0.15) is 126 Å². The van der Waals surface area contributed by atoms with Crippen molar-refractivity contribution in [3.05, 3.63) is 101 Å². The van der Waals surface area contributed by atoms with Crippen molar-refractivity contribution in [3.63, 3.8) is 0 Å². The van der Waals surface area contributed by atoms with Gasteiger partial charge in [0.25, 0.3) is 0 Å². The minimum absolute atomic E-state index is 0.0876. The maximum Gasteiger partial charge on any atom is 0.119 e. The average molecular weight is 615 g/mol. The summed E-state index contributed by atoms with van der Waals surface area (Å²) in [5, 5.41) is 10.7. The number of hydrogen-bond donors (Lipinski definition) is 1. The number of ether oxygens (including phenoxy) is 2. The van der Waals surface area contributed by atoms with E-state index in [9.17, 15) is 5.11 Å². The Morgan fingerprint density at radius 3 is 1.38 bits per heavy atom. The molecule has 0 aliphatic rings. The quantitative estimate of drug-likeness (QED) is 0.0914. The molecule has 2 atom stereocenters. The highest BCUT2D eigenvalue weighted by molar-refractivity contribution is 5.40. The van der Waals surface area contributed by atoms with E-state index in [4.69, 9.17) is 9.47 Å². The lowest BCUT2D eigenvalue weighted by atomic mass is 9.97. The van der Waals surface area contributed by atoms with Crippen molar-refractivity contribution in [3.8, 4) is 5.75 Å². The Balaban J connectivity index is 1.18. The number of hydrogen-bond acceptors (Lipinski definition) is 3. The third-order valence-corrected chi connectivity index (χ3v) is 8.96. The van der Waals surface area contributed by atoms with E-state index in [0.29, 0.717) is 5.75 Å². The predicted octanol–water partition coefficient (Wildman–Crippen LogP) is 11.2. The molecule has 0 aliphatic carbocycles. The first-order chi connectivity index (χ1) is 22.1. The molecule has 0 saturated carbocycles. The first-order valence-electron chi connectivity index (χ1n) is 18.2. The molecule has 3 heteroatoms. The van der Waals surface area contributed by atoms with Gasteiger partial charge in [0.2, 0.25) is 0 Å². The fourth-order valence-electron chi connectivity index (χ4n) is 6.25. The zero-order valence-electron chi connectivity index (χ0n) is 28.6. The van der Waals surface area contributed by atoms with Crippen LogP contribution >= 0.6 is 0 Å². The van der Waals surface area contributed by atoms with Crippen LogP contribution in [0.25, 0.3) is 0 Å². The van der Waals surface area contributed by atoms with Crippen LogP contribution in [-0.2, 0) is 35.2 Å². The van der Waals surface area contributed by atoms with Crippen LogP contribution < -0.4 is 0 Å². The van der Waals surface area contributed by atoms with Crippen molar-refractivity contribution < 1.29 is 14.6 Å². The van der Waals surface area contributed by atoms with Gasteiger partial charge in [-0.3, -0.25) is 0 Å². The van der Waals surface area contributed by atoms with Gasteiger partial charge in [-0.25, -0.2) is 0 Å². The fraction of sp³-hybridized carbons (Fsp3) is 0.571. The molecular formula is C42H62O3. The van der Waals surface area contributed by atoms with E-state index in [0.717, 1.165) is 44.5 Å². The highest BCUT2D eigenvalue weighted by Crippen LogP contribution is 2.25. The van der Waals surface area contributed by atoms with Gasteiger partial charge in [-0.05, 0) is 87.1 Å². The summed E-state index contributed by atoms with van der Waals surface area (Å²) < 4.78 is 12.3. The Morgan fingerprint density at radius 2 is 0.889 bits per heavy atom. The van der Waals surface area contributed by atoms with Crippen LogP contribution in [0.4, 0.5) is 0 Å². The number of unbranched alkanes of at least 4 members (excludes halogenated alkanes) is 12. The molecule has 3 rings (SSSR count). The summed E-state index contributed by atoms with van der Waals surface area (Å²) in [4.78, 5) is 0. The summed E-state index contributed by atoms with van der Waals surface area (Å²) in [6, 6.07) is 27.5. The van der Waals surface area contributed by atoms with Gasteiger partial charge in [0.05, 0.1) is 12.2 Å². The van der Waals surface area contributed by atoms with Gasteiger partial charge >= 0.3 is 0 Å². The molecule has 0 saturated heterocycles. The molecule has 0 aromatic heterocycles. The van der Waals surface area contributed by atoms with E-state index in [1.54, 1.807) is 6.07 Å². The molecule has 45 heavy (non-hydrogen) atoms. The van der Waals surface area contributed by atoms with Gasteiger partial charge in [-0.1, -0.05) is 137 Å². The number of phenols is 1. The highest BCUT2D eigenvalue weighted by Gasteiger charge is 2.15. The van der Waals surface area contributed by atoms with Crippen LogP contribution in [-0.4, -0.2) is 30.5 Å². The zero-order valence-corrected chi connectivity index (χ0v) is 28.6. The maximum atomic E-state index is 10.7. The molecule has 3 nitrogen and oxygen atoms in total. The summed E-state index contributed by atoms with van der Waals surface area (Å²) in [6.45, 7) is 5.90. The average Bonchev–Trinajstić information content (AvgIpc) is 3.05. The normalized spacial score (nSPS) is 12.8. The molecule has 1 N–H and O–H groups in total. The summed E-state index contributed by atoms with van der Waals surface area (Å²) >= 11 is 0. The van der Waals surface area contributed by atoms with Gasteiger partial charge in [0.1, 0.15) is 5.75 Å². The second-order valence-corrected chi connectivity index (χ2v) is 13.1. The van der Waals surface area contributed by atoms with Gasteiger partial charge in [-0.2, -0.15) is 0 Å². The van der Waals surface area contributed by atoms with Crippen molar-refractivity contribution >= 4 is 0 Å². The number of benzene rings is 3. The largest absolute Gasteiger partial charge is 0.508 e. The number of phenolic OH excluding ortho intramolecular Hbond substituents is 1.